The van der Waals surface area contributed by atoms with E-state index in [4.69, 9.17) is 4.98 Å². The summed E-state index contributed by atoms with van der Waals surface area (Å²) in [5.41, 5.74) is 2.91. The number of hydrogen-bond acceptors (Lipinski definition) is 7. The van der Waals surface area contributed by atoms with Gasteiger partial charge in [0.2, 0.25) is 5.91 Å². The van der Waals surface area contributed by atoms with E-state index in [0.717, 1.165) is 30.5 Å². The molecule has 0 spiro atoms. The Bertz CT molecular complexity index is 1730. The largest absolute Gasteiger partial charge is 0.355 e. The average Bonchev–Trinajstić information content (AvgIpc) is 3.42. The number of pyridine rings is 2. The Morgan fingerprint density at radius 1 is 1.15 bits per heavy atom. The number of fused-ring (bicyclic) bond motifs is 5. The van der Waals surface area contributed by atoms with Gasteiger partial charge < -0.3 is 9.80 Å². The first-order valence-corrected chi connectivity index (χ1v) is 14.1. The zero-order chi connectivity index (χ0) is 28.8. The van der Waals surface area contributed by atoms with Crippen LogP contribution in [-0.4, -0.2) is 65.8 Å². The molecule has 212 valence electrons. The fraction of sp³-hybridized carbons (Fsp3) is 0.400. The van der Waals surface area contributed by atoms with Gasteiger partial charge in [-0.15, -0.1) is 0 Å². The quantitative estimate of drug-likeness (QED) is 0.353. The molecular formula is C30H33FN8O2. The number of aryl methyl sites for hydroxylation is 2. The number of rotatable bonds is 3. The summed E-state index contributed by atoms with van der Waals surface area (Å²) >= 11 is 0. The van der Waals surface area contributed by atoms with Crippen LogP contribution < -0.4 is 10.6 Å². The number of piperazine rings is 1. The van der Waals surface area contributed by atoms with Crippen LogP contribution in [0.5, 0.6) is 0 Å². The first kappa shape index (κ1) is 26.8. The second kappa shape index (κ2) is 10.5. The van der Waals surface area contributed by atoms with Crippen molar-refractivity contribution in [3.05, 3.63) is 70.8 Å². The van der Waals surface area contributed by atoms with Gasteiger partial charge >= 0.3 is 5.69 Å². The Labute approximate surface area is 237 Å². The summed E-state index contributed by atoms with van der Waals surface area (Å²) < 4.78 is 19.3. The lowest BCUT2D eigenvalue weighted by Gasteiger charge is -2.40. The van der Waals surface area contributed by atoms with E-state index in [2.05, 4.69) is 21.6 Å². The van der Waals surface area contributed by atoms with Crippen molar-refractivity contribution in [1.82, 2.24) is 34.2 Å². The fourth-order valence-electron chi connectivity index (χ4n) is 5.99. The maximum Gasteiger partial charge on any atom is 0.355 e. The molecule has 4 aromatic heterocycles. The normalized spacial score (nSPS) is 17.2. The fourth-order valence-corrected chi connectivity index (χ4v) is 5.99. The van der Waals surface area contributed by atoms with Crippen molar-refractivity contribution in [3.8, 4) is 17.1 Å². The van der Waals surface area contributed by atoms with Crippen LogP contribution in [0.25, 0.3) is 28.1 Å². The van der Waals surface area contributed by atoms with Crippen LogP contribution in [0.15, 0.2) is 48.0 Å². The lowest BCUT2D eigenvalue weighted by molar-refractivity contribution is -0.126. The number of halogens is 1. The Morgan fingerprint density at radius 3 is 2.73 bits per heavy atom. The summed E-state index contributed by atoms with van der Waals surface area (Å²) in [7, 11) is 0. The average molecular weight is 557 g/mol. The van der Waals surface area contributed by atoms with Gasteiger partial charge in [0.05, 0.1) is 22.5 Å². The van der Waals surface area contributed by atoms with Crippen molar-refractivity contribution in [2.45, 2.75) is 58.5 Å². The van der Waals surface area contributed by atoms with Crippen LogP contribution in [0.1, 0.15) is 50.8 Å². The first-order chi connectivity index (χ1) is 19.8. The minimum Gasteiger partial charge on any atom is -0.350 e. The molecule has 2 aliphatic heterocycles. The lowest BCUT2D eigenvalue weighted by atomic mass is 10.00. The second-order valence-electron chi connectivity index (χ2n) is 11.0. The molecule has 6 heterocycles. The van der Waals surface area contributed by atoms with E-state index >= 15 is 4.39 Å². The molecule has 0 radical (unpaired) electrons. The predicted octanol–water partition coefficient (Wildman–Crippen LogP) is 3.86. The third-order valence-electron chi connectivity index (χ3n) is 8.02. The number of hydrogen-bond donors (Lipinski definition) is 0. The Morgan fingerprint density at radius 2 is 1.98 bits per heavy atom. The Kier molecular flexibility index (Phi) is 6.88. The van der Waals surface area contributed by atoms with E-state index in [1.165, 1.54) is 16.7 Å². The van der Waals surface area contributed by atoms with Crippen LogP contribution in [0.2, 0.25) is 0 Å². The molecule has 0 aromatic carbocycles. The summed E-state index contributed by atoms with van der Waals surface area (Å²) in [6.07, 6.45) is 7.14. The summed E-state index contributed by atoms with van der Waals surface area (Å²) in [4.78, 5) is 44.1. The third kappa shape index (κ3) is 4.58. The van der Waals surface area contributed by atoms with Crippen LogP contribution in [0.4, 0.5) is 10.2 Å². The second-order valence-corrected chi connectivity index (χ2v) is 11.0. The number of carbonyl (C=O) groups excluding carboxylic acids is 1. The van der Waals surface area contributed by atoms with Gasteiger partial charge in [0.25, 0.3) is 0 Å². The summed E-state index contributed by atoms with van der Waals surface area (Å²) in [5.74, 6) is -0.287. The molecular weight excluding hydrogens is 523 g/mol. The van der Waals surface area contributed by atoms with E-state index in [1.54, 1.807) is 28.0 Å². The van der Waals surface area contributed by atoms with Crippen molar-refractivity contribution in [3.63, 3.8) is 0 Å². The van der Waals surface area contributed by atoms with E-state index in [0.29, 0.717) is 54.4 Å². The summed E-state index contributed by atoms with van der Waals surface area (Å²) in [6.45, 7) is 11.5. The van der Waals surface area contributed by atoms with Crippen molar-refractivity contribution in [2.24, 2.45) is 0 Å². The SMILES string of the molecule is C=CC(=O)N1CCN(c2nc(=O)n3c4nc(c(F)cc24)-c2ccnn2CCCCc2ccnc(C(C)C)c2-3)[C@@H](C)C1. The van der Waals surface area contributed by atoms with Gasteiger partial charge in [-0.25, -0.2) is 18.7 Å². The monoisotopic (exact) mass is 556 g/mol. The number of carbonyl (C=O) groups is 1. The van der Waals surface area contributed by atoms with Gasteiger partial charge in [-0.05, 0) is 61.9 Å². The van der Waals surface area contributed by atoms with E-state index in [-0.39, 0.29) is 23.6 Å². The summed E-state index contributed by atoms with van der Waals surface area (Å²) in [5, 5.41) is 4.85. The zero-order valence-electron chi connectivity index (χ0n) is 23.5. The first-order valence-electron chi connectivity index (χ1n) is 14.1. The molecule has 0 N–H and O–H groups in total. The molecule has 11 heteroatoms. The topological polar surface area (TPSA) is 102 Å². The molecule has 1 atom stereocenters. The van der Waals surface area contributed by atoms with E-state index in [9.17, 15) is 9.59 Å². The minimum atomic E-state index is -0.520. The van der Waals surface area contributed by atoms with E-state index in [1.807, 2.05) is 31.7 Å². The van der Waals surface area contributed by atoms with Gasteiger partial charge in [0.1, 0.15) is 11.5 Å². The molecule has 6 rings (SSSR count). The van der Waals surface area contributed by atoms with Gasteiger partial charge in [-0.3, -0.25) is 14.5 Å². The van der Waals surface area contributed by atoms with Gasteiger partial charge in [-0.2, -0.15) is 10.1 Å². The highest BCUT2D eigenvalue weighted by atomic mass is 19.1. The van der Waals surface area contributed by atoms with Crippen molar-refractivity contribution >= 4 is 22.8 Å². The number of amides is 1. The maximum atomic E-state index is 16.0. The predicted molar refractivity (Wildman–Crippen MR) is 155 cm³/mol. The molecule has 1 amide bonds. The molecule has 41 heavy (non-hydrogen) atoms. The van der Waals surface area contributed by atoms with Crippen molar-refractivity contribution in [2.75, 3.05) is 24.5 Å². The highest BCUT2D eigenvalue weighted by Crippen LogP contribution is 2.34. The molecule has 2 aliphatic rings. The zero-order valence-corrected chi connectivity index (χ0v) is 23.5. The number of aromatic nitrogens is 6. The Balaban J connectivity index is 1.65. The molecule has 0 saturated carbocycles. The molecule has 4 aromatic rings. The number of anilines is 1. The van der Waals surface area contributed by atoms with Gasteiger partial charge in [-0.1, -0.05) is 20.4 Å². The van der Waals surface area contributed by atoms with Gasteiger partial charge in [0.15, 0.2) is 11.5 Å². The summed E-state index contributed by atoms with van der Waals surface area (Å²) in [6, 6.07) is 4.95. The highest BCUT2D eigenvalue weighted by Gasteiger charge is 2.31. The standard InChI is InChI=1S/C30H33FN8O2/c1-5-24(40)36-14-15-37(19(4)17-36)28-21-16-22(31)26-23-10-12-33-38(23)13-7-6-8-20-9-11-32-25(18(2)3)27(20)39(29(21)34-26)30(41)35-28/h5,9-12,16,18-19H,1,6-8,13-15,17H2,2-4H3/t19-/m0/s1. The molecule has 10 nitrogen and oxygen atoms in total. The molecule has 1 saturated heterocycles. The van der Waals surface area contributed by atoms with Gasteiger partial charge in [0, 0.05) is 44.6 Å². The lowest BCUT2D eigenvalue weighted by Crippen LogP contribution is -2.54. The molecule has 2 bridgehead atoms. The smallest absolute Gasteiger partial charge is 0.350 e. The van der Waals surface area contributed by atoms with Crippen LogP contribution in [0.3, 0.4) is 0 Å². The highest BCUT2D eigenvalue weighted by molar-refractivity contribution is 5.91. The van der Waals surface area contributed by atoms with E-state index < -0.39 is 11.5 Å². The van der Waals surface area contributed by atoms with Crippen molar-refractivity contribution in [1.29, 1.82) is 0 Å². The molecule has 0 aliphatic carbocycles. The van der Waals surface area contributed by atoms with Crippen LogP contribution >= 0.6 is 0 Å². The molecule has 1 fully saturated rings. The third-order valence-corrected chi connectivity index (χ3v) is 8.02. The number of nitrogens with zero attached hydrogens (tertiary/aromatic N) is 8. The van der Waals surface area contributed by atoms with Crippen LogP contribution in [0, 0.1) is 5.82 Å². The van der Waals surface area contributed by atoms with Crippen LogP contribution in [-0.2, 0) is 17.8 Å². The Hall–Kier alpha value is -4.41. The van der Waals surface area contributed by atoms with Crippen molar-refractivity contribution < 1.29 is 9.18 Å². The maximum absolute atomic E-state index is 16.0. The molecule has 0 unspecified atom stereocenters. The minimum absolute atomic E-state index is 0.0244.